The van der Waals surface area contributed by atoms with Gasteiger partial charge in [-0.2, -0.15) is 0 Å². The number of pyridine rings is 1. The molecule has 6 nitrogen and oxygen atoms in total. The maximum absolute atomic E-state index is 14.0. The van der Waals surface area contributed by atoms with Crippen molar-refractivity contribution < 1.29 is 19.0 Å². The molecule has 0 fully saturated rings. The predicted molar refractivity (Wildman–Crippen MR) is 133 cm³/mol. The second kappa shape index (κ2) is 8.71. The van der Waals surface area contributed by atoms with Crippen LogP contribution in [0.1, 0.15) is 22.8 Å². The molecule has 1 atom stereocenters. The molecule has 4 aromatic rings. The van der Waals surface area contributed by atoms with Gasteiger partial charge in [0.1, 0.15) is 0 Å². The number of amides is 1. The van der Waals surface area contributed by atoms with Crippen LogP contribution in [-0.2, 0) is 6.42 Å². The summed E-state index contributed by atoms with van der Waals surface area (Å²) in [5.41, 5.74) is 4.93. The summed E-state index contributed by atoms with van der Waals surface area (Å²) in [5, 5.41) is 0.820. The normalized spacial score (nSPS) is 14.7. The number of benzene rings is 3. The zero-order valence-electron chi connectivity index (χ0n) is 19.7. The smallest absolute Gasteiger partial charge is 0.259 e. The van der Waals surface area contributed by atoms with Crippen LogP contribution in [0.25, 0.3) is 22.2 Å². The number of hydrogen-bond donors (Lipinski definition) is 0. The van der Waals surface area contributed by atoms with E-state index in [0.717, 1.165) is 28.6 Å². The van der Waals surface area contributed by atoms with E-state index in [1.807, 2.05) is 65.6 Å². The SMILES string of the molecule is COc1cc(-c2cc(C(=O)N3c4ccccc4CC3C)c3ccccc3n2)cc(OC)c1OC. The van der Waals surface area contributed by atoms with Gasteiger partial charge in [-0.15, -0.1) is 0 Å². The van der Waals surface area contributed by atoms with E-state index < -0.39 is 0 Å². The number of methoxy groups -OCH3 is 3. The molecule has 34 heavy (non-hydrogen) atoms. The molecule has 0 spiro atoms. The molecule has 1 amide bonds. The molecule has 0 radical (unpaired) electrons. The van der Waals surface area contributed by atoms with Gasteiger partial charge in [0, 0.05) is 22.7 Å². The number of aromatic nitrogens is 1. The number of carbonyl (C=O) groups excluding carboxylic acids is 1. The van der Waals surface area contributed by atoms with Gasteiger partial charge in [-0.3, -0.25) is 4.79 Å². The molecule has 172 valence electrons. The summed E-state index contributed by atoms with van der Waals surface area (Å²) in [5.74, 6) is 1.53. The molecule has 2 heterocycles. The second-order valence-electron chi connectivity index (χ2n) is 8.34. The Labute approximate surface area is 198 Å². The van der Waals surface area contributed by atoms with Gasteiger partial charge in [-0.25, -0.2) is 4.98 Å². The Hall–Kier alpha value is -4.06. The van der Waals surface area contributed by atoms with Crippen LogP contribution in [0, 0.1) is 0 Å². The van der Waals surface area contributed by atoms with Crippen molar-refractivity contribution in [3.05, 3.63) is 77.9 Å². The molecule has 0 aliphatic carbocycles. The first kappa shape index (κ1) is 21.8. The first-order valence-electron chi connectivity index (χ1n) is 11.2. The summed E-state index contributed by atoms with van der Waals surface area (Å²) in [7, 11) is 4.73. The lowest BCUT2D eigenvalue weighted by atomic mass is 10.0. The van der Waals surface area contributed by atoms with E-state index in [2.05, 4.69) is 13.0 Å². The van der Waals surface area contributed by atoms with Crippen molar-refractivity contribution in [1.29, 1.82) is 0 Å². The molecule has 1 aromatic heterocycles. The molecule has 0 saturated carbocycles. The minimum absolute atomic E-state index is 0.0373. The van der Waals surface area contributed by atoms with Crippen LogP contribution in [0.3, 0.4) is 0 Å². The van der Waals surface area contributed by atoms with Gasteiger partial charge in [0.2, 0.25) is 5.75 Å². The molecule has 1 aliphatic rings. The van der Waals surface area contributed by atoms with E-state index in [4.69, 9.17) is 19.2 Å². The van der Waals surface area contributed by atoms with Crippen LogP contribution in [0.4, 0.5) is 5.69 Å². The van der Waals surface area contributed by atoms with Crippen molar-refractivity contribution in [2.24, 2.45) is 0 Å². The van der Waals surface area contributed by atoms with E-state index in [0.29, 0.717) is 28.5 Å². The minimum atomic E-state index is -0.0373. The lowest BCUT2D eigenvalue weighted by Crippen LogP contribution is -2.35. The third-order valence-corrected chi connectivity index (χ3v) is 6.33. The molecule has 5 rings (SSSR count). The number of carbonyl (C=O) groups is 1. The van der Waals surface area contributed by atoms with Gasteiger partial charge >= 0.3 is 0 Å². The minimum Gasteiger partial charge on any atom is -0.493 e. The fourth-order valence-electron chi connectivity index (χ4n) is 4.73. The lowest BCUT2D eigenvalue weighted by Gasteiger charge is -2.24. The Morgan fingerprint density at radius 3 is 2.29 bits per heavy atom. The maximum atomic E-state index is 14.0. The fourth-order valence-corrected chi connectivity index (χ4v) is 4.73. The van der Waals surface area contributed by atoms with E-state index in [-0.39, 0.29) is 11.9 Å². The van der Waals surface area contributed by atoms with Crippen LogP contribution in [0.15, 0.2) is 66.7 Å². The summed E-state index contributed by atoms with van der Waals surface area (Å²) < 4.78 is 16.5. The van der Waals surface area contributed by atoms with Crippen molar-refractivity contribution in [3.8, 4) is 28.5 Å². The Morgan fingerprint density at radius 1 is 0.912 bits per heavy atom. The predicted octanol–water partition coefficient (Wildman–Crippen LogP) is 5.52. The molecule has 0 bridgehead atoms. The second-order valence-corrected chi connectivity index (χ2v) is 8.34. The summed E-state index contributed by atoms with van der Waals surface area (Å²) in [6, 6.07) is 21.5. The number of anilines is 1. The zero-order chi connectivity index (χ0) is 23.8. The Balaban J connectivity index is 1.69. The Bertz CT molecular complexity index is 1370. The maximum Gasteiger partial charge on any atom is 0.259 e. The van der Waals surface area contributed by atoms with Gasteiger partial charge < -0.3 is 19.1 Å². The standard InChI is InChI=1S/C28H26N2O4/c1-17-13-18-9-5-8-12-24(18)30(17)28(31)21-16-23(29-22-11-7-6-10-20(21)22)19-14-25(32-2)27(34-4)26(15-19)33-3/h5-12,14-17H,13H2,1-4H3. The van der Waals surface area contributed by atoms with Crippen LogP contribution in [0.2, 0.25) is 0 Å². The number of para-hydroxylation sites is 2. The highest BCUT2D eigenvalue weighted by molar-refractivity contribution is 6.15. The highest BCUT2D eigenvalue weighted by Gasteiger charge is 2.32. The van der Waals surface area contributed by atoms with Gasteiger partial charge in [0.05, 0.1) is 38.1 Å². The van der Waals surface area contributed by atoms with Gasteiger partial charge in [-0.05, 0) is 49.2 Å². The molecular weight excluding hydrogens is 428 g/mol. The monoisotopic (exact) mass is 454 g/mol. The Kier molecular flexibility index (Phi) is 5.57. The molecule has 3 aromatic carbocycles. The third kappa shape index (κ3) is 3.52. The van der Waals surface area contributed by atoms with Crippen LogP contribution in [-0.4, -0.2) is 38.3 Å². The van der Waals surface area contributed by atoms with E-state index in [1.54, 1.807) is 21.3 Å². The first-order chi connectivity index (χ1) is 16.5. The van der Waals surface area contributed by atoms with Crippen molar-refractivity contribution >= 4 is 22.5 Å². The largest absolute Gasteiger partial charge is 0.493 e. The average Bonchev–Trinajstić information content (AvgIpc) is 3.22. The van der Waals surface area contributed by atoms with Crippen molar-refractivity contribution in [3.63, 3.8) is 0 Å². The van der Waals surface area contributed by atoms with Crippen molar-refractivity contribution in [2.75, 3.05) is 26.2 Å². The number of fused-ring (bicyclic) bond motifs is 2. The molecule has 0 N–H and O–H groups in total. The zero-order valence-corrected chi connectivity index (χ0v) is 19.7. The molecule has 6 heteroatoms. The van der Waals surface area contributed by atoms with Gasteiger partial charge in [0.25, 0.3) is 5.91 Å². The summed E-state index contributed by atoms with van der Waals surface area (Å²) >= 11 is 0. The quantitative estimate of drug-likeness (QED) is 0.397. The molecular formula is C28H26N2O4. The summed E-state index contributed by atoms with van der Waals surface area (Å²) in [4.78, 5) is 20.8. The summed E-state index contributed by atoms with van der Waals surface area (Å²) in [6.07, 6.45) is 0.838. The number of nitrogens with zero attached hydrogens (tertiary/aromatic N) is 2. The molecule has 1 aliphatic heterocycles. The van der Waals surface area contributed by atoms with Crippen molar-refractivity contribution in [1.82, 2.24) is 4.98 Å². The van der Waals surface area contributed by atoms with E-state index in [1.165, 1.54) is 5.56 Å². The van der Waals surface area contributed by atoms with Crippen LogP contribution >= 0.6 is 0 Å². The van der Waals surface area contributed by atoms with Crippen LogP contribution in [0.5, 0.6) is 17.2 Å². The van der Waals surface area contributed by atoms with E-state index in [9.17, 15) is 4.79 Å². The number of hydrogen-bond acceptors (Lipinski definition) is 5. The van der Waals surface area contributed by atoms with Gasteiger partial charge in [-0.1, -0.05) is 36.4 Å². The van der Waals surface area contributed by atoms with Crippen LogP contribution < -0.4 is 19.1 Å². The third-order valence-electron chi connectivity index (χ3n) is 6.33. The number of rotatable bonds is 5. The lowest BCUT2D eigenvalue weighted by molar-refractivity contribution is 0.0983. The highest BCUT2D eigenvalue weighted by Crippen LogP contribution is 2.42. The Morgan fingerprint density at radius 2 is 1.59 bits per heavy atom. The first-order valence-corrected chi connectivity index (χ1v) is 11.2. The highest BCUT2D eigenvalue weighted by atomic mass is 16.5. The summed E-state index contributed by atoms with van der Waals surface area (Å²) in [6.45, 7) is 2.08. The van der Waals surface area contributed by atoms with Crippen molar-refractivity contribution in [2.45, 2.75) is 19.4 Å². The molecule has 0 saturated heterocycles. The average molecular weight is 455 g/mol. The van der Waals surface area contributed by atoms with E-state index >= 15 is 0 Å². The fraction of sp³-hybridized carbons (Fsp3) is 0.214. The van der Waals surface area contributed by atoms with Gasteiger partial charge in [0.15, 0.2) is 11.5 Å². The molecule has 1 unspecified atom stereocenters. The number of ether oxygens (including phenoxy) is 3. The topological polar surface area (TPSA) is 60.9 Å².